The molecule has 1 rings (SSSR count). The molecule has 5 nitrogen and oxygen atoms in total. The van der Waals surface area contributed by atoms with Gasteiger partial charge in [0.05, 0.1) is 13.2 Å². The van der Waals surface area contributed by atoms with Crippen molar-refractivity contribution in [2.45, 2.75) is 13.3 Å². The molecule has 0 aromatic heterocycles. The van der Waals surface area contributed by atoms with Gasteiger partial charge in [-0.25, -0.2) is 4.79 Å². The Kier molecular flexibility index (Phi) is 3.71. The van der Waals surface area contributed by atoms with Gasteiger partial charge in [-0.15, -0.1) is 0 Å². The number of likely N-dealkylation sites (tertiary alicyclic amines) is 1. The lowest BCUT2D eigenvalue weighted by molar-refractivity contribution is 0.0175. The summed E-state index contributed by atoms with van der Waals surface area (Å²) in [5.41, 5.74) is -0.381. The fourth-order valence-corrected chi connectivity index (χ4v) is 1.71. The highest BCUT2D eigenvalue weighted by Crippen LogP contribution is 2.30. The maximum Gasteiger partial charge on any atom is 0.407 e. The van der Waals surface area contributed by atoms with E-state index in [0.29, 0.717) is 32.7 Å². The molecule has 1 heterocycles. The first kappa shape index (κ1) is 11.3. The van der Waals surface area contributed by atoms with E-state index in [-0.39, 0.29) is 12.0 Å². The third kappa shape index (κ3) is 2.36. The average molecular weight is 203 g/mol. The van der Waals surface area contributed by atoms with Crippen LogP contribution in [-0.4, -0.2) is 54.1 Å². The molecule has 0 spiro atoms. The summed E-state index contributed by atoms with van der Waals surface area (Å²) < 4.78 is 5.26. The lowest BCUT2D eigenvalue weighted by Crippen LogP contribution is -2.36. The topological polar surface area (TPSA) is 70.0 Å². The maximum atomic E-state index is 10.7. The van der Waals surface area contributed by atoms with Gasteiger partial charge in [0.1, 0.15) is 0 Å². The van der Waals surface area contributed by atoms with Crippen LogP contribution in [0, 0.1) is 5.41 Å². The number of rotatable bonds is 4. The highest BCUT2D eigenvalue weighted by molar-refractivity contribution is 5.65. The summed E-state index contributed by atoms with van der Waals surface area (Å²) in [6, 6.07) is 0. The third-order valence-corrected chi connectivity index (χ3v) is 2.66. The Morgan fingerprint density at radius 2 is 2.36 bits per heavy atom. The lowest BCUT2D eigenvalue weighted by atomic mass is 9.89. The number of aliphatic hydroxyl groups excluding tert-OH is 1. The Morgan fingerprint density at radius 3 is 2.79 bits per heavy atom. The highest BCUT2D eigenvalue weighted by Gasteiger charge is 2.39. The van der Waals surface area contributed by atoms with E-state index < -0.39 is 6.09 Å². The standard InChI is InChI=1S/C9H17NO4/c1-2-14-7-9(6-11)3-4-10(5-9)8(12)13/h11H,2-7H2,1H3,(H,12,13)/t9-/m1/s1. The largest absolute Gasteiger partial charge is 0.465 e. The summed E-state index contributed by atoms with van der Waals surface area (Å²) in [5, 5.41) is 18.0. The lowest BCUT2D eigenvalue weighted by Gasteiger charge is -2.25. The van der Waals surface area contributed by atoms with E-state index in [9.17, 15) is 9.90 Å². The molecule has 1 saturated heterocycles. The molecule has 2 N–H and O–H groups in total. The molecule has 0 aliphatic carbocycles. The Labute approximate surface area is 83.3 Å². The molecule has 1 aliphatic rings. The monoisotopic (exact) mass is 203 g/mol. The summed E-state index contributed by atoms with van der Waals surface area (Å²) in [4.78, 5) is 12.0. The van der Waals surface area contributed by atoms with Crippen LogP contribution in [0.1, 0.15) is 13.3 Å². The number of carboxylic acid groups (broad SMARTS) is 1. The van der Waals surface area contributed by atoms with Crippen LogP contribution in [0.3, 0.4) is 0 Å². The molecule has 0 aromatic rings. The van der Waals surface area contributed by atoms with Gasteiger partial charge in [-0.2, -0.15) is 0 Å². The van der Waals surface area contributed by atoms with Crippen LogP contribution in [-0.2, 0) is 4.74 Å². The van der Waals surface area contributed by atoms with Crippen molar-refractivity contribution in [3.05, 3.63) is 0 Å². The van der Waals surface area contributed by atoms with Gasteiger partial charge in [0.15, 0.2) is 0 Å². The molecule has 1 amide bonds. The van der Waals surface area contributed by atoms with E-state index in [4.69, 9.17) is 9.84 Å². The van der Waals surface area contributed by atoms with Crippen molar-refractivity contribution < 1.29 is 19.7 Å². The zero-order chi connectivity index (χ0) is 10.6. The molecular weight excluding hydrogens is 186 g/mol. The van der Waals surface area contributed by atoms with E-state index in [2.05, 4.69) is 0 Å². The molecule has 0 aromatic carbocycles. The molecule has 1 aliphatic heterocycles. The number of nitrogens with zero attached hydrogens (tertiary/aromatic N) is 1. The number of amides is 1. The van der Waals surface area contributed by atoms with Gasteiger partial charge in [0.25, 0.3) is 0 Å². The van der Waals surface area contributed by atoms with Gasteiger partial charge >= 0.3 is 6.09 Å². The molecule has 0 saturated carbocycles. The Hall–Kier alpha value is -0.810. The van der Waals surface area contributed by atoms with Crippen LogP contribution in [0.25, 0.3) is 0 Å². The van der Waals surface area contributed by atoms with Crippen molar-refractivity contribution in [2.75, 3.05) is 32.9 Å². The second-order valence-electron chi connectivity index (χ2n) is 3.75. The average Bonchev–Trinajstić information content (AvgIpc) is 2.60. The fraction of sp³-hybridized carbons (Fsp3) is 0.889. The number of ether oxygens (including phenoxy) is 1. The molecule has 0 radical (unpaired) electrons. The molecule has 0 bridgehead atoms. The van der Waals surface area contributed by atoms with Gasteiger partial charge in [-0.05, 0) is 13.3 Å². The highest BCUT2D eigenvalue weighted by atomic mass is 16.5. The van der Waals surface area contributed by atoms with Crippen molar-refractivity contribution in [3.8, 4) is 0 Å². The molecule has 82 valence electrons. The molecule has 5 heteroatoms. The van der Waals surface area contributed by atoms with Gasteiger partial charge in [-0.3, -0.25) is 0 Å². The van der Waals surface area contributed by atoms with Crippen LogP contribution in [0.15, 0.2) is 0 Å². The van der Waals surface area contributed by atoms with Crippen LogP contribution >= 0.6 is 0 Å². The molecule has 0 unspecified atom stereocenters. The second kappa shape index (κ2) is 4.61. The SMILES string of the molecule is CCOC[C@]1(CO)CCN(C(=O)O)C1. The maximum absolute atomic E-state index is 10.7. The van der Waals surface area contributed by atoms with E-state index >= 15 is 0 Å². The number of aliphatic hydroxyl groups is 1. The smallest absolute Gasteiger partial charge is 0.407 e. The molecule has 1 atom stereocenters. The van der Waals surface area contributed by atoms with Gasteiger partial charge < -0.3 is 19.8 Å². The minimum atomic E-state index is -0.920. The van der Waals surface area contributed by atoms with Gasteiger partial charge in [0.2, 0.25) is 0 Å². The van der Waals surface area contributed by atoms with Crippen molar-refractivity contribution in [1.82, 2.24) is 4.90 Å². The number of carbonyl (C=O) groups is 1. The minimum absolute atomic E-state index is 0.0171. The van der Waals surface area contributed by atoms with E-state index in [1.54, 1.807) is 0 Å². The third-order valence-electron chi connectivity index (χ3n) is 2.66. The van der Waals surface area contributed by atoms with Crippen LogP contribution < -0.4 is 0 Å². The Morgan fingerprint density at radius 1 is 1.64 bits per heavy atom. The Balaban J connectivity index is 2.52. The van der Waals surface area contributed by atoms with E-state index in [0.717, 1.165) is 0 Å². The minimum Gasteiger partial charge on any atom is -0.465 e. The van der Waals surface area contributed by atoms with Gasteiger partial charge in [-0.1, -0.05) is 0 Å². The van der Waals surface area contributed by atoms with E-state index in [1.165, 1.54) is 4.90 Å². The normalized spacial score (nSPS) is 26.9. The summed E-state index contributed by atoms with van der Waals surface area (Å²) in [5.74, 6) is 0. The van der Waals surface area contributed by atoms with Crippen molar-refractivity contribution in [1.29, 1.82) is 0 Å². The molecule has 1 fully saturated rings. The summed E-state index contributed by atoms with van der Waals surface area (Å²) in [6.45, 7) is 3.76. The fourth-order valence-electron chi connectivity index (χ4n) is 1.71. The van der Waals surface area contributed by atoms with Crippen LogP contribution in [0.4, 0.5) is 4.79 Å². The van der Waals surface area contributed by atoms with Crippen molar-refractivity contribution >= 4 is 6.09 Å². The predicted octanol–water partition coefficient (Wildman–Crippen LogP) is 0.385. The van der Waals surface area contributed by atoms with Crippen molar-refractivity contribution in [2.24, 2.45) is 5.41 Å². The first-order chi connectivity index (χ1) is 6.63. The number of hydrogen-bond donors (Lipinski definition) is 2. The summed E-state index contributed by atoms with van der Waals surface area (Å²) in [7, 11) is 0. The quantitative estimate of drug-likeness (QED) is 0.693. The molecular formula is C9H17NO4. The first-order valence-electron chi connectivity index (χ1n) is 4.80. The van der Waals surface area contributed by atoms with Crippen LogP contribution in [0.2, 0.25) is 0 Å². The van der Waals surface area contributed by atoms with Crippen molar-refractivity contribution in [3.63, 3.8) is 0 Å². The van der Waals surface area contributed by atoms with E-state index in [1.807, 2.05) is 6.92 Å². The summed E-state index contributed by atoms with van der Waals surface area (Å²) >= 11 is 0. The zero-order valence-corrected chi connectivity index (χ0v) is 8.40. The Bertz CT molecular complexity index is 209. The zero-order valence-electron chi connectivity index (χ0n) is 8.40. The van der Waals surface area contributed by atoms with Gasteiger partial charge in [0, 0.05) is 25.1 Å². The second-order valence-corrected chi connectivity index (χ2v) is 3.75. The predicted molar refractivity (Wildman–Crippen MR) is 50.2 cm³/mol. The molecule has 14 heavy (non-hydrogen) atoms. The summed E-state index contributed by atoms with van der Waals surface area (Å²) in [6.07, 6.45) is -0.243. The van der Waals surface area contributed by atoms with Crippen LogP contribution in [0.5, 0.6) is 0 Å². The number of hydrogen-bond acceptors (Lipinski definition) is 3. The first-order valence-corrected chi connectivity index (χ1v) is 4.80.